The van der Waals surface area contributed by atoms with Crippen LogP contribution < -0.4 is 0 Å². The monoisotopic (exact) mass is 282 g/mol. The molecule has 4 heteroatoms. The second kappa shape index (κ2) is 6.71. The van der Waals surface area contributed by atoms with E-state index in [2.05, 4.69) is 18.2 Å². The molecule has 102 valence electrons. The molecule has 0 saturated heterocycles. The lowest BCUT2D eigenvalue weighted by Gasteiger charge is -2.11. The minimum atomic E-state index is 0.151. The van der Waals surface area contributed by atoms with Gasteiger partial charge in [0.15, 0.2) is 0 Å². The second-order valence-corrected chi connectivity index (χ2v) is 4.65. The molecule has 22 heavy (non-hydrogen) atoms. The zero-order chi connectivity index (χ0) is 15.9. The summed E-state index contributed by atoms with van der Waals surface area (Å²) in [6, 6.07) is 18.6. The topological polar surface area (TPSA) is 95.2 Å². The van der Waals surface area contributed by atoms with E-state index in [4.69, 9.17) is 15.8 Å². The van der Waals surface area contributed by atoms with Crippen molar-refractivity contribution in [3.05, 3.63) is 58.7 Å². The van der Waals surface area contributed by atoms with E-state index in [-0.39, 0.29) is 12.8 Å². The van der Waals surface area contributed by atoms with E-state index >= 15 is 0 Å². The molecule has 0 radical (unpaired) electrons. The number of nitrogens with zero attached hydrogens (tertiary/aromatic N) is 4. The Labute approximate surface area is 128 Å². The normalized spacial score (nSPS) is 9.09. The number of nitriles is 4. The summed E-state index contributed by atoms with van der Waals surface area (Å²) in [4.78, 5) is 0. The molecule has 4 nitrogen and oxygen atoms in total. The molecule has 2 rings (SSSR count). The van der Waals surface area contributed by atoms with Crippen molar-refractivity contribution in [3.63, 3.8) is 0 Å². The van der Waals surface area contributed by atoms with Crippen LogP contribution in [-0.4, -0.2) is 0 Å². The summed E-state index contributed by atoms with van der Waals surface area (Å²) in [7, 11) is 0. The summed E-state index contributed by atoms with van der Waals surface area (Å²) in [5.41, 5.74) is 3.89. The van der Waals surface area contributed by atoms with E-state index in [1.54, 1.807) is 36.4 Å². The average Bonchev–Trinajstić information content (AvgIpc) is 2.55. The molecule has 0 spiro atoms. The number of rotatable bonds is 3. The maximum Gasteiger partial charge on any atom is 0.0998 e. The van der Waals surface area contributed by atoms with Gasteiger partial charge in [-0.3, -0.25) is 0 Å². The molecule has 0 fully saturated rings. The number of hydrogen-bond donors (Lipinski definition) is 0. The molecule has 0 unspecified atom stereocenters. The molecule has 0 aliphatic rings. The third kappa shape index (κ3) is 2.94. The smallest absolute Gasteiger partial charge is 0.0998 e. The van der Waals surface area contributed by atoms with E-state index in [1.807, 2.05) is 6.07 Å². The highest BCUT2D eigenvalue weighted by molar-refractivity contribution is 5.75. The van der Waals surface area contributed by atoms with Gasteiger partial charge in [0, 0.05) is 5.56 Å². The first-order chi connectivity index (χ1) is 10.7. The molecule has 0 aliphatic carbocycles. The van der Waals surface area contributed by atoms with E-state index in [9.17, 15) is 5.26 Å². The van der Waals surface area contributed by atoms with Gasteiger partial charge in [0.05, 0.1) is 48.2 Å². The van der Waals surface area contributed by atoms with Crippen LogP contribution >= 0.6 is 0 Å². The molecule has 0 heterocycles. The third-order valence-corrected chi connectivity index (χ3v) is 3.28. The van der Waals surface area contributed by atoms with Crippen molar-refractivity contribution in [2.75, 3.05) is 0 Å². The van der Waals surface area contributed by atoms with E-state index in [0.29, 0.717) is 22.3 Å². The van der Waals surface area contributed by atoms with Gasteiger partial charge in [0.2, 0.25) is 0 Å². The Bertz CT molecular complexity index is 883. The zero-order valence-corrected chi connectivity index (χ0v) is 11.7. The van der Waals surface area contributed by atoms with Crippen LogP contribution in [0.2, 0.25) is 0 Å². The van der Waals surface area contributed by atoms with Crippen LogP contribution in [0.4, 0.5) is 0 Å². The van der Waals surface area contributed by atoms with Gasteiger partial charge >= 0.3 is 0 Å². The highest BCUT2D eigenvalue weighted by atomic mass is 14.3. The summed E-state index contributed by atoms with van der Waals surface area (Å²) in [5.74, 6) is 0. The molecule has 0 amide bonds. The summed E-state index contributed by atoms with van der Waals surface area (Å²) in [6.45, 7) is 0. The Hall–Kier alpha value is -3.60. The highest BCUT2D eigenvalue weighted by Gasteiger charge is 2.11. The van der Waals surface area contributed by atoms with Gasteiger partial charge in [-0.05, 0) is 41.0 Å². The molecule has 0 aliphatic heterocycles. The van der Waals surface area contributed by atoms with E-state index < -0.39 is 0 Å². The van der Waals surface area contributed by atoms with Crippen molar-refractivity contribution in [2.24, 2.45) is 0 Å². The van der Waals surface area contributed by atoms with Crippen molar-refractivity contribution < 1.29 is 0 Å². The van der Waals surface area contributed by atoms with Crippen LogP contribution in [0, 0.1) is 45.3 Å². The van der Waals surface area contributed by atoms with Crippen LogP contribution in [0.1, 0.15) is 22.3 Å². The van der Waals surface area contributed by atoms with Crippen LogP contribution in [0.15, 0.2) is 36.4 Å². The van der Waals surface area contributed by atoms with Crippen LogP contribution in [0.3, 0.4) is 0 Å². The fraction of sp³-hybridized carbons (Fsp3) is 0.111. The van der Waals surface area contributed by atoms with Gasteiger partial charge in [-0.2, -0.15) is 21.0 Å². The molecular formula is C18H10N4. The number of hydrogen-bond acceptors (Lipinski definition) is 4. The summed E-state index contributed by atoms with van der Waals surface area (Å²) < 4.78 is 0. The molecule has 0 atom stereocenters. The Kier molecular flexibility index (Phi) is 4.52. The Morgan fingerprint density at radius 3 is 2.14 bits per heavy atom. The van der Waals surface area contributed by atoms with E-state index in [0.717, 1.165) is 11.1 Å². The largest absolute Gasteiger partial charge is 0.198 e. The summed E-state index contributed by atoms with van der Waals surface area (Å²) in [5, 5.41) is 36.1. The van der Waals surface area contributed by atoms with Crippen LogP contribution in [-0.2, 0) is 12.8 Å². The Balaban J connectivity index is 2.68. The lowest BCUT2D eigenvalue weighted by Crippen LogP contribution is -1.94. The number of benzene rings is 2. The molecule has 0 saturated carbocycles. The SMILES string of the molecule is N#CCc1ccc(C#N)c(-c2ccc(C#N)cc2CC#N)c1. The molecule has 2 aromatic carbocycles. The van der Waals surface area contributed by atoms with Crippen molar-refractivity contribution in [3.8, 4) is 35.4 Å². The quantitative estimate of drug-likeness (QED) is 0.863. The van der Waals surface area contributed by atoms with Gasteiger partial charge in [-0.25, -0.2) is 0 Å². The molecular weight excluding hydrogens is 272 g/mol. The van der Waals surface area contributed by atoms with Crippen molar-refractivity contribution in [1.29, 1.82) is 21.0 Å². The minimum absolute atomic E-state index is 0.151. The third-order valence-electron chi connectivity index (χ3n) is 3.28. The molecule has 2 aromatic rings. The average molecular weight is 282 g/mol. The van der Waals surface area contributed by atoms with E-state index in [1.165, 1.54) is 0 Å². The van der Waals surface area contributed by atoms with Gasteiger partial charge < -0.3 is 0 Å². The maximum atomic E-state index is 9.29. The summed E-state index contributed by atoms with van der Waals surface area (Å²) in [6.07, 6.45) is 0.404. The fourth-order valence-corrected chi connectivity index (χ4v) is 2.27. The molecule has 0 aromatic heterocycles. The van der Waals surface area contributed by atoms with Gasteiger partial charge in [-0.1, -0.05) is 12.1 Å². The minimum Gasteiger partial charge on any atom is -0.198 e. The van der Waals surface area contributed by atoms with Crippen molar-refractivity contribution >= 4 is 0 Å². The Morgan fingerprint density at radius 2 is 1.50 bits per heavy atom. The lowest BCUT2D eigenvalue weighted by molar-refractivity contribution is 1.24. The lowest BCUT2D eigenvalue weighted by atomic mass is 9.91. The van der Waals surface area contributed by atoms with Crippen LogP contribution in [0.5, 0.6) is 0 Å². The highest BCUT2D eigenvalue weighted by Crippen LogP contribution is 2.29. The first kappa shape index (κ1) is 14.8. The van der Waals surface area contributed by atoms with Crippen molar-refractivity contribution in [2.45, 2.75) is 12.8 Å². The second-order valence-electron chi connectivity index (χ2n) is 4.65. The van der Waals surface area contributed by atoms with Gasteiger partial charge in [-0.15, -0.1) is 0 Å². The summed E-state index contributed by atoms with van der Waals surface area (Å²) >= 11 is 0. The van der Waals surface area contributed by atoms with Gasteiger partial charge in [0.1, 0.15) is 0 Å². The van der Waals surface area contributed by atoms with Crippen LogP contribution in [0.25, 0.3) is 11.1 Å². The standard InChI is InChI=1S/C18H10N4/c19-7-5-13-1-3-16(12-22)18(10-13)17-4-2-14(11-21)9-15(17)6-8-20/h1-4,9-10H,5-6H2. The zero-order valence-electron chi connectivity index (χ0n) is 11.7. The first-order valence-corrected chi connectivity index (χ1v) is 6.53. The first-order valence-electron chi connectivity index (χ1n) is 6.53. The maximum absolute atomic E-state index is 9.29. The molecule has 0 N–H and O–H groups in total. The predicted octanol–water partition coefficient (Wildman–Crippen LogP) is 3.23. The molecule has 0 bridgehead atoms. The Morgan fingerprint density at radius 1 is 0.727 bits per heavy atom. The van der Waals surface area contributed by atoms with Crippen molar-refractivity contribution in [1.82, 2.24) is 0 Å². The fourth-order valence-electron chi connectivity index (χ4n) is 2.27. The predicted molar refractivity (Wildman–Crippen MR) is 79.9 cm³/mol. The van der Waals surface area contributed by atoms with Gasteiger partial charge in [0.25, 0.3) is 0 Å².